The van der Waals surface area contributed by atoms with Crippen molar-refractivity contribution in [3.8, 4) is 16.8 Å². The Morgan fingerprint density at radius 3 is 2.11 bits per heavy atom. The van der Waals surface area contributed by atoms with Gasteiger partial charge in [0.1, 0.15) is 0 Å². The number of aromatic nitrogens is 2. The molecule has 0 fully saturated rings. The highest BCUT2D eigenvalue weighted by Gasteiger charge is 2.18. The molecule has 0 saturated carbocycles. The van der Waals surface area contributed by atoms with Crippen molar-refractivity contribution >= 4 is 54.4 Å². The fourth-order valence-corrected chi connectivity index (χ4v) is 6.12. The van der Waals surface area contributed by atoms with E-state index in [0.29, 0.717) is 0 Å². The average Bonchev–Trinajstić information content (AvgIpc) is 3.48. The Kier molecular flexibility index (Phi) is 4.18. The van der Waals surface area contributed by atoms with Crippen LogP contribution in [0.4, 0.5) is 0 Å². The van der Waals surface area contributed by atoms with Crippen LogP contribution in [0, 0.1) is 6.92 Å². The summed E-state index contributed by atoms with van der Waals surface area (Å²) in [6, 6.07) is 44.2. The number of hydrogen-bond acceptors (Lipinski definition) is 0. The maximum atomic E-state index is 3.63. The zero-order valence-corrected chi connectivity index (χ0v) is 20.5. The van der Waals surface area contributed by atoms with Crippen LogP contribution in [0.25, 0.3) is 71.2 Å². The van der Waals surface area contributed by atoms with Crippen LogP contribution < -0.4 is 0 Å². The Morgan fingerprint density at radius 2 is 1.24 bits per heavy atom. The van der Waals surface area contributed by atoms with Gasteiger partial charge in [0.25, 0.3) is 0 Å². The van der Waals surface area contributed by atoms with Gasteiger partial charge < -0.3 is 9.55 Å². The van der Waals surface area contributed by atoms with Crippen LogP contribution in [0.2, 0.25) is 0 Å². The number of para-hydroxylation sites is 2. The molecule has 0 aliphatic heterocycles. The molecule has 0 atom stereocenters. The first-order valence-electron chi connectivity index (χ1n) is 12.8. The van der Waals surface area contributed by atoms with Crippen LogP contribution in [-0.2, 0) is 0 Å². The largest absolute Gasteiger partial charge is 0.354 e. The topological polar surface area (TPSA) is 20.7 Å². The average molecular weight is 473 g/mol. The zero-order chi connectivity index (χ0) is 24.5. The smallest absolute Gasteiger partial charge is 0.0619 e. The van der Waals surface area contributed by atoms with Crippen molar-refractivity contribution in [3.05, 3.63) is 127 Å². The monoisotopic (exact) mass is 472 g/mol. The third kappa shape index (κ3) is 2.93. The fraction of sp³-hybridized carbons (Fsp3) is 0.0286. The molecule has 174 valence electrons. The molecule has 0 radical (unpaired) electrons. The second-order valence-electron chi connectivity index (χ2n) is 9.99. The highest BCUT2D eigenvalue weighted by molar-refractivity contribution is 6.22. The standard InChI is InChI=1S/C35H24N2/c1-22-9-8-10-24(19-22)37-34-16-7-5-13-28(34)31-21-30(25-11-2-3-14-29(25)35(31)37)23-17-18-27-26-12-4-6-15-32(26)36-33(27)20-23/h2-21,36H,1H3. The van der Waals surface area contributed by atoms with Crippen LogP contribution >= 0.6 is 0 Å². The van der Waals surface area contributed by atoms with Gasteiger partial charge >= 0.3 is 0 Å². The van der Waals surface area contributed by atoms with Crippen molar-refractivity contribution in [3.63, 3.8) is 0 Å². The van der Waals surface area contributed by atoms with E-state index in [1.807, 2.05) is 0 Å². The lowest BCUT2D eigenvalue weighted by Crippen LogP contribution is -1.95. The van der Waals surface area contributed by atoms with E-state index in [4.69, 9.17) is 0 Å². The summed E-state index contributed by atoms with van der Waals surface area (Å²) < 4.78 is 2.44. The molecule has 8 aromatic rings. The molecule has 2 aromatic heterocycles. The molecule has 2 nitrogen and oxygen atoms in total. The van der Waals surface area contributed by atoms with Crippen molar-refractivity contribution < 1.29 is 0 Å². The highest BCUT2D eigenvalue weighted by Crippen LogP contribution is 2.42. The number of H-pyrrole nitrogens is 1. The predicted octanol–water partition coefficient (Wildman–Crippen LogP) is 9.55. The van der Waals surface area contributed by atoms with Gasteiger partial charge in [-0.3, -0.25) is 0 Å². The van der Waals surface area contributed by atoms with Gasteiger partial charge in [0.15, 0.2) is 0 Å². The quantitative estimate of drug-likeness (QED) is 0.259. The maximum absolute atomic E-state index is 3.63. The second kappa shape index (κ2) is 7.59. The van der Waals surface area contributed by atoms with Gasteiger partial charge in [0, 0.05) is 43.7 Å². The SMILES string of the molecule is Cc1cccc(-n2c3ccccc3c3cc(-c4ccc5c(c4)[nH]c4ccccc45)c4ccccc4c32)c1. The molecule has 2 heteroatoms. The second-order valence-corrected chi connectivity index (χ2v) is 9.99. The lowest BCUT2D eigenvalue weighted by Gasteiger charge is -2.13. The van der Waals surface area contributed by atoms with E-state index < -0.39 is 0 Å². The van der Waals surface area contributed by atoms with Crippen molar-refractivity contribution in [2.24, 2.45) is 0 Å². The van der Waals surface area contributed by atoms with Gasteiger partial charge in [0.2, 0.25) is 0 Å². The number of aromatic amines is 1. The Morgan fingerprint density at radius 1 is 0.514 bits per heavy atom. The Bertz CT molecular complexity index is 2160. The van der Waals surface area contributed by atoms with E-state index in [0.717, 1.165) is 0 Å². The van der Waals surface area contributed by atoms with E-state index in [9.17, 15) is 0 Å². The first-order chi connectivity index (χ1) is 18.3. The molecule has 0 aliphatic rings. The maximum Gasteiger partial charge on any atom is 0.0619 e. The Labute approximate surface area is 214 Å². The van der Waals surface area contributed by atoms with Crippen molar-refractivity contribution in [1.29, 1.82) is 0 Å². The lowest BCUT2D eigenvalue weighted by molar-refractivity contribution is 1.18. The third-order valence-electron chi connectivity index (χ3n) is 7.75. The molecule has 8 rings (SSSR count). The van der Waals surface area contributed by atoms with E-state index in [2.05, 4.69) is 138 Å². The van der Waals surface area contributed by atoms with Gasteiger partial charge in [-0.05, 0) is 65.4 Å². The predicted molar refractivity (Wildman–Crippen MR) is 158 cm³/mol. The van der Waals surface area contributed by atoms with Crippen LogP contribution in [0.1, 0.15) is 5.56 Å². The summed E-state index contributed by atoms with van der Waals surface area (Å²) in [6.45, 7) is 2.16. The molecular formula is C35H24N2. The molecule has 0 unspecified atom stereocenters. The number of aryl methyl sites for hydroxylation is 1. The van der Waals surface area contributed by atoms with E-state index >= 15 is 0 Å². The summed E-state index contributed by atoms with van der Waals surface area (Å²) in [5.74, 6) is 0. The van der Waals surface area contributed by atoms with Crippen LogP contribution in [0.5, 0.6) is 0 Å². The van der Waals surface area contributed by atoms with Gasteiger partial charge in [-0.15, -0.1) is 0 Å². The Hall–Kier alpha value is -4.82. The molecule has 0 spiro atoms. The van der Waals surface area contributed by atoms with Gasteiger partial charge in [-0.1, -0.05) is 84.9 Å². The van der Waals surface area contributed by atoms with E-state index in [1.165, 1.54) is 76.8 Å². The summed E-state index contributed by atoms with van der Waals surface area (Å²) in [6.07, 6.45) is 0. The zero-order valence-electron chi connectivity index (χ0n) is 20.5. The Balaban J connectivity index is 1.50. The summed E-state index contributed by atoms with van der Waals surface area (Å²) in [7, 11) is 0. The number of benzene rings is 6. The van der Waals surface area contributed by atoms with Crippen LogP contribution in [0.3, 0.4) is 0 Å². The van der Waals surface area contributed by atoms with Gasteiger partial charge in [0.05, 0.1) is 11.0 Å². The summed E-state index contributed by atoms with van der Waals surface area (Å²) >= 11 is 0. The number of fused-ring (bicyclic) bond motifs is 8. The summed E-state index contributed by atoms with van der Waals surface area (Å²) in [4.78, 5) is 3.63. The highest BCUT2D eigenvalue weighted by atomic mass is 15.0. The minimum absolute atomic E-state index is 1.17. The lowest BCUT2D eigenvalue weighted by atomic mass is 9.94. The summed E-state index contributed by atoms with van der Waals surface area (Å²) in [5.41, 5.74) is 9.79. The minimum Gasteiger partial charge on any atom is -0.354 e. The van der Waals surface area contributed by atoms with Crippen LogP contribution in [-0.4, -0.2) is 9.55 Å². The molecule has 2 heterocycles. The van der Waals surface area contributed by atoms with E-state index in [1.54, 1.807) is 0 Å². The molecule has 6 aromatic carbocycles. The van der Waals surface area contributed by atoms with E-state index in [-0.39, 0.29) is 0 Å². The molecule has 37 heavy (non-hydrogen) atoms. The number of nitrogens with zero attached hydrogens (tertiary/aromatic N) is 1. The first kappa shape index (κ1) is 20.4. The molecule has 0 amide bonds. The normalized spacial score (nSPS) is 11.9. The first-order valence-corrected chi connectivity index (χ1v) is 12.8. The molecule has 0 aliphatic carbocycles. The minimum atomic E-state index is 1.17. The number of rotatable bonds is 2. The number of nitrogens with one attached hydrogen (secondary N) is 1. The van der Waals surface area contributed by atoms with Crippen molar-refractivity contribution in [1.82, 2.24) is 9.55 Å². The third-order valence-corrected chi connectivity index (χ3v) is 7.75. The van der Waals surface area contributed by atoms with Crippen LogP contribution in [0.15, 0.2) is 121 Å². The molecule has 1 N–H and O–H groups in total. The number of hydrogen-bond donors (Lipinski definition) is 1. The van der Waals surface area contributed by atoms with Gasteiger partial charge in [-0.2, -0.15) is 0 Å². The van der Waals surface area contributed by atoms with Gasteiger partial charge in [-0.25, -0.2) is 0 Å². The summed E-state index contributed by atoms with van der Waals surface area (Å²) in [5, 5.41) is 7.62. The molecular weight excluding hydrogens is 448 g/mol. The fourth-order valence-electron chi connectivity index (χ4n) is 6.12. The molecule has 0 bridgehead atoms. The molecule has 0 saturated heterocycles. The van der Waals surface area contributed by atoms with Crippen molar-refractivity contribution in [2.45, 2.75) is 6.92 Å². The van der Waals surface area contributed by atoms with Crippen molar-refractivity contribution in [2.75, 3.05) is 0 Å².